The van der Waals surface area contributed by atoms with Gasteiger partial charge in [0.05, 0.1) is 12.0 Å². The fourth-order valence-electron chi connectivity index (χ4n) is 2.71. The lowest BCUT2D eigenvalue weighted by atomic mass is 9.82. The molecule has 0 heterocycles. The van der Waals surface area contributed by atoms with Crippen LogP contribution in [0.15, 0.2) is 24.3 Å². The molecule has 1 saturated carbocycles. The summed E-state index contributed by atoms with van der Waals surface area (Å²) in [6.45, 7) is 0. The molecular formula is C16H23N3O2. The van der Waals surface area contributed by atoms with Gasteiger partial charge in [-0.2, -0.15) is 0 Å². The molecule has 2 rings (SSSR count). The van der Waals surface area contributed by atoms with Gasteiger partial charge in [-0.3, -0.25) is 9.59 Å². The summed E-state index contributed by atoms with van der Waals surface area (Å²) in [5.74, 6) is -0.233. The van der Waals surface area contributed by atoms with E-state index in [1.54, 1.807) is 7.05 Å². The highest BCUT2D eigenvalue weighted by molar-refractivity contribution is 5.99. The lowest BCUT2D eigenvalue weighted by Gasteiger charge is -2.32. The van der Waals surface area contributed by atoms with Crippen molar-refractivity contribution in [2.45, 2.75) is 44.1 Å². The van der Waals surface area contributed by atoms with Gasteiger partial charge in [0.15, 0.2) is 0 Å². The molecule has 114 valence electrons. The van der Waals surface area contributed by atoms with Crippen LogP contribution in [0.2, 0.25) is 0 Å². The van der Waals surface area contributed by atoms with Crippen LogP contribution >= 0.6 is 0 Å². The zero-order valence-corrected chi connectivity index (χ0v) is 12.4. The number of carbonyl (C=O) groups excluding carboxylic acids is 2. The number of benzene rings is 1. The number of rotatable bonds is 4. The molecule has 1 aliphatic carbocycles. The molecule has 4 N–H and O–H groups in total. The molecule has 0 saturated heterocycles. The Bertz CT molecular complexity index is 522. The lowest BCUT2D eigenvalue weighted by molar-refractivity contribution is -0.122. The van der Waals surface area contributed by atoms with Gasteiger partial charge in [0.1, 0.15) is 0 Å². The number of nitrogens with two attached hydrogens (primary N) is 1. The number of para-hydroxylation sites is 1. The highest BCUT2D eigenvalue weighted by Gasteiger charge is 2.35. The quantitative estimate of drug-likeness (QED) is 0.786. The molecule has 0 unspecified atom stereocenters. The third-order valence-corrected chi connectivity index (χ3v) is 4.09. The Labute approximate surface area is 125 Å². The van der Waals surface area contributed by atoms with Crippen molar-refractivity contribution in [1.82, 2.24) is 5.32 Å². The minimum atomic E-state index is -0.779. The smallest absolute Gasteiger partial charge is 0.244 e. The molecule has 0 atom stereocenters. The lowest BCUT2D eigenvalue weighted by Crippen LogP contribution is -2.52. The van der Waals surface area contributed by atoms with Crippen molar-refractivity contribution in [2.75, 3.05) is 12.4 Å². The number of hydrogen-bond donors (Lipinski definition) is 3. The van der Waals surface area contributed by atoms with Gasteiger partial charge in [0, 0.05) is 12.7 Å². The van der Waals surface area contributed by atoms with E-state index in [2.05, 4.69) is 10.6 Å². The van der Waals surface area contributed by atoms with Gasteiger partial charge >= 0.3 is 0 Å². The average Bonchev–Trinajstić information content (AvgIpc) is 2.49. The summed E-state index contributed by atoms with van der Waals surface area (Å²) in [5.41, 5.74) is 6.92. The summed E-state index contributed by atoms with van der Waals surface area (Å²) in [6.07, 6.45) is 4.80. The Hall–Kier alpha value is -1.88. The van der Waals surface area contributed by atoms with Gasteiger partial charge in [0.2, 0.25) is 11.8 Å². The summed E-state index contributed by atoms with van der Waals surface area (Å²) in [4.78, 5) is 24.0. The van der Waals surface area contributed by atoms with Crippen LogP contribution in [-0.2, 0) is 16.0 Å². The first-order chi connectivity index (χ1) is 10.0. The van der Waals surface area contributed by atoms with E-state index in [4.69, 9.17) is 5.73 Å². The number of nitrogens with one attached hydrogen (secondary N) is 2. The molecule has 2 amide bonds. The topological polar surface area (TPSA) is 84.2 Å². The minimum Gasteiger partial charge on any atom is -0.359 e. The molecule has 21 heavy (non-hydrogen) atoms. The molecule has 1 fully saturated rings. The minimum absolute atomic E-state index is 0.0863. The number of anilines is 1. The number of likely N-dealkylation sites (N-methyl/N-ethyl adjacent to an activating group) is 1. The van der Waals surface area contributed by atoms with Crippen LogP contribution in [0.3, 0.4) is 0 Å². The molecule has 1 aromatic carbocycles. The van der Waals surface area contributed by atoms with Crippen molar-refractivity contribution in [1.29, 1.82) is 0 Å². The normalized spacial score (nSPS) is 17.0. The fraction of sp³-hybridized carbons (Fsp3) is 0.500. The summed E-state index contributed by atoms with van der Waals surface area (Å²) in [5, 5.41) is 5.49. The second-order valence-electron chi connectivity index (χ2n) is 5.68. The Morgan fingerprint density at radius 1 is 1.19 bits per heavy atom. The second kappa shape index (κ2) is 6.72. The van der Waals surface area contributed by atoms with Gasteiger partial charge in [-0.1, -0.05) is 37.5 Å². The molecule has 1 aliphatic rings. The van der Waals surface area contributed by atoms with E-state index in [0.717, 1.165) is 37.7 Å². The molecule has 0 aromatic heterocycles. The van der Waals surface area contributed by atoms with E-state index in [0.29, 0.717) is 5.69 Å². The molecule has 0 spiro atoms. The molecule has 1 aromatic rings. The highest BCUT2D eigenvalue weighted by atomic mass is 16.2. The largest absolute Gasteiger partial charge is 0.359 e. The first-order valence-corrected chi connectivity index (χ1v) is 7.44. The van der Waals surface area contributed by atoms with Gasteiger partial charge in [-0.15, -0.1) is 0 Å². The molecular weight excluding hydrogens is 266 g/mol. The van der Waals surface area contributed by atoms with Crippen molar-refractivity contribution in [3.63, 3.8) is 0 Å². The van der Waals surface area contributed by atoms with E-state index in [-0.39, 0.29) is 18.2 Å². The van der Waals surface area contributed by atoms with E-state index >= 15 is 0 Å². The third kappa shape index (κ3) is 3.82. The summed E-state index contributed by atoms with van der Waals surface area (Å²) in [6, 6.07) is 7.34. The summed E-state index contributed by atoms with van der Waals surface area (Å²) < 4.78 is 0. The first-order valence-electron chi connectivity index (χ1n) is 7.44. The maximum atomic E-state index is 12.5. The summed E-state index contributed by atoms with van der Waals surface area (Å²) >= 11 is 0. The Morgan fingerprint density at radius 3 is 2.52 bits per heavy atom. The zero-order chi connectivity index (χ0) is 15.3. The van der Waals surface area contributed by atoms with E-state index in [1.165, 1.54) is 0 Å². The van der Waals surface area contributed by atoms with Gasteiger partial charge in [-0.25, -0.2) is 0 Å². The van der Waals surface area contributed by atoms with Gasteiger partial charge in [-0.05, 0) is 24.5 Å². The molecule has 0 aliphatic heterocycles. The molecule has 5 nitrogen and oxygen atoms in total. The average molecular weight is 289 g/mol. The predicted molar refractivity (Wildman–Crippen MR) is 82.8 cm³/mol. The molecule has 0 bridgehead atoms. The molecule has 0 radical (unpaired) electrons. The van der Waals surface area contributed by atoms with Crippen molar-refractivity contribution < 1.29 is 9.59 Å². The standard InChI is InChI=1S/C16H23N3O2/c1-18-14(20)11-12-7-3-4-8-13(12)19-15(21)16(17)9-5-2-6-10-16/h3-4,7-8H,2,5-6,9-11,17H2,1H3,(H,18,20)(H,19,21). The van der Waals surface area contributed by atoms with Crippen molar-refractivity contribution >= 4 is 17.5 Å². The van der Waals surface area contributed by atoms with Crippen LogP contribution in [0, 0.1) is 0 Å². The maximum Gasteiger partial charge on any atom is 0.244 e. The van der Waals surface area contributed by atoms with Crippen molar-refractivity contribution in [3.05, 3.63) is 29.8 Å². The van der Waals surface area contributed by atoms with Crippen LogP contribution in [0.4, 0.5) is 5.69 Å². The monoisotopic (exact) mass is 289 g/mol. The Morgan fingerprint density at radius 2 is 1.86 bits per heavy atom. The highest BCUT2D eigenvalue weighted by Crippen LogP contribution is 2.27. The zero-order valence-electron chi connectivity index (χ0n) is 12.4. The summed E-state index contributed by atoms with van der Waals surface area (Å²) in [7, 11) is 1.60. The van der Waals surface area contributed by atoms with Crippen LogP contribution in [-0.4, -0.2) is 24.4 Å². The SMILES string of the molecule is CNC(=O)Cc1ccccc1NC(=O)C1(N)CCCCC1. The number of hydrogen-bond acceptors (Lipinski definition) is 3. The van der Waals surface area contributed by atoms with E-state index < -0.39 is 5.54 Å². The van der Waals surface area contributed by atoms with Crippen molar-refractivity contribution in [2.24, 2.45) is 5.73 Å². The van der Waals surface area contributed by atoms with Crippen LogP contribution in [0.1, 0.15) is 37.7 Å². The van der Waals surface area contributed by atoms with Crippen molar-refractivity contribution in [3.8, 4) is 0 Å². The van der Waals surface area contributed by atoms with Crippen LogP contribution in [0.25, 0.3) is 0 Å². The Kier molecular flexibility index (Phi) is 4.96. The predicted octanol–water partition coefficient (Wildman–Crippen LogP) is 1.58. The van der Waals surface area contributed by atoms with E-state index in [9.17, 15) is 9.59 Å². The van der Waals surface area contributed by atoms with Crippen LogP contribution in [0.5, 0.6) is 0 Å². The molecule has 5 heteroatoms. The first kappa shape index (κ1) is 15.5. The number of amides is 2. The van der Waals surface area contributed by atoms with Gasteiger partial charge < -0.3 is 16.4 Å². The Balaban J connectivity index is 2.11. The maximum absolute atomic E-state index is 12.5. The number of carbonyl (C=O) groups is 2. The van der Waals surface area contributed by atoms with Gasteiger partial charge in [0.25, 0.3) is 0 Å². The fourth-order valence-corrected chi connectivity index (χ4v) is 2.71. The second-order valence-corrected chi connectivity index (χ2v) is 5.68. The van der Waals surface area contributed by atoms with E-state index in [1.807, 2.05) is 24.3 Å². The van der Waals surface area contributed by atoms with Crippen LogP contribution < -0.4 is 16.4 Å². The third-order valence-electron chi connectivity index (χ3n) is 4.09.